The van der Waals surface area contributed by atoms with Gasteiger partial charge in [0.25, 0.3) is 0 Å². The molecule has 1 unspecified atom stereocenters. The zero-order chi connectivity index (χ0) is 10.6. The summed E-state index contributed by atoms with van der Waals surface area (Å²) in [5.74, 6) is 0.0295. The highest BCUT2D eigenvalue weighted by atomic mass is 32.2. The number of hydrogen-bond acceptors (Lipinski definition) is 3. The van der Waals surface area contributed by atoms with Gasteiger partial charge in [-0.15, -0.1) is 0 Å². The van der Waals surface area contributed by atoms with Crippen molar-refractivity contribution in [3.05, 3.63) is 0 Å². The van der Waals surface area contributed by atoms with E-state index in [1.54, 1.807) is 0 Å². The Bertz CT molecular complexity index is 199. The average Bonchev–Trinajstić information content (AvgIpc) is 2.15. The molecule has 3 nitrogen and oxygen atoms in total. The first-order valence-electron chi connectivity index (χ1n) is 5.16. The van der Waals surface area contributed by atoms with Crippen molar-refractivity contribution in [2.45, 2.75) is 30.9 Å². The summed E-state index contributed by atoms with van der Waals surface area (Å²) in [4.78, 5) is 11.5. The normalized spacial score (nSPS) is 21.1. The third-order valence-electron chi connectivity index (χ3n) is 3.08. The van der Waals surface area contributed by atoms with Gasteiger partial charge in [-0.1, -0.05) is 13.3 Å². The van der Waals surface area contributed by atoms with Crippen LogP contribution in [0.5, 0.6) is 0 Å². The molecular formula is C10H20N2OS. The fourth-order valence-electron chi connectivity index (χ4n) is 1.55. The highest BCUT2D eigenvalue weighted by Crippen LogP contribution is 2.42. The van der Waals surface area contributed by atoms with Gasteiger partial charge in [-0.3, -0.25) is 4.79 Å². The molecule has 0 saturated heterocycles. The smallest absolute Gasteiger partial charge is 0.224 e. The Labute approximate surface area is 90.2 Å². The van der Waals surface area contributed by atoms with E-state index in [0.29, 0.717) is 11.3 Å². The number of nitrogens with one attached hydrogen (secondary N) is 1. The Balaban J connectivity index is 2.28. The summed E-state index contributed by atoms with van der Waals surface area (Å²) in [7, 11) is 0. The van der Waals surface area contributed by atoms with E-state index < -0.39 is 0 Å². The summed E-state index contributed by atoms with van der Waals surface area (Å²) in [6, 6.07) is 0. The number of hydrogen-bond donors (Lipinski definition) is 2. The molecule has 1 rings (SSSR count). The highest BCUT2D eigenvalue weighted by molar-refractivity contribution is 8.00. The summed E-state index contributed by atoms with van der Waals surface area (Å²) in [6.07, 6.45) is 5.87. The Morgan fingerprint density at radius 1 is 1.64 bits per heavy atom. The molecule has 0 radical (unpaired) electrons. The maximum Gasteiger partial charge on any atom is 0.224 e. The summed E-state index contributed by atoms with van der Waals surface area (Å²) in [6.45, 7) is 3.09. The van der Waals surface area contributed by atoms with Crippen molar-refractivity contribution in [1.29, 1.82) is 0 Å². The lowest BCUT2D eigenvalue weighted by Gasteiger charge is -2.40. The highest BCUT2D eigenvalue weighted by Gasteiger charge is 2.36. The molecule has 0 aromatic heterocycles. The largest absolute Gasteiger partial charge is 0.354 e. The van der Waals surface area contributed by atoms with Crippen LogP contribution in [0.25, 0.3) is 0 Å². The van der Waals surface area contributed by atoms with Crippen molar-refractivity contribution >= 4 is 17.7 Å². The van der Waals surface area contributed by atoms with Crippen LogP contribution in [0.2, 0.25) is 0 Å². The topological polar surface area (TPSA) is 55.1 Å². The molecule has 0 aromatic rings. The number of carbonyl (C=O) groups is 1. The molecule has 0 aromatic carbocycles. The molecule has 1 amide bonds. The van der Waals surface area contributed by atoms with Crippen molar-refractivity contribution < 1.29 is 4.79 Å². The van der Waals surface area contributed by atoms with E-state index in [4.69, 9.17) is 5.73 Å². The fraction of sp³-hybridized carbons (Fsp3) is 0.900. The quantitative estimate of drug-likeness (QED) is 0.720. The zero-order valence-corrected chi connectivity index (χ0v) is 9.82. The molecule has 3 N–H and O–H groups in total. The molecule has 0 heterocycles. The van der Waals surface area contributed by atoms with Crippen LogP contribution in [-0.2, 0) is 4.79 Å². The lowest BCUT2D eigenvalue weighted by Crippen LogP contribution is -2.47. The minimum atomic E-state index is -0.0611. The van der Waals surface area contributed by atoms with Crippen LogP contribution in [0.3, 0.4) is 0 Å². The van der Waals surface area contributed by atoms with Gasteiger partial charge in [0.05, 0.1) is 0 Å². The number of amides is 1. The molecule has 1 saturated carbocycles. The number of nitrogens with two attached hydrogens (primary N) is 1. The van der Waals surface area contributed by atoms with E-state index in [1.165, 1.54) is 19.3 Å². The fourth-order valence-corrected chi connectivity index (χ4v) is 2.47. The van der Waals surface area contributed by atoms with Gasteiger partial charge in [0, 0.05) is 23.8 Å². The van der Waals surface area contributed by atoms with Gasteiger partial charge in [-0.2, -0.15) is 11.8 Å². The van der Waals surface area contributed by atoms with Crippen molar-refractivity contribution in [2.75, 3.05) is 19.3 Å². The van der Waals surface area contributed by atoms with Crippen LogP contribution in [0.15, 0.2) is 0 Å². The zero-order valence-electron chi connectivity index (χ0n) is 9.01. The number of carbonyl (C=O) groups excluding carboxylic acids is 1. The standard InChI is InChI=1S/C10H20N2OS/c1-8(6-11)9(13)12-7-10(14-2)4-3-5-10/h8H,3-7,11H2,1-2H3,(H,12,13). The average molecular weight is 216 g/mol. The molecule has 0 aliphatic heterocycles. The molecule has 1 fully saturated rings. The molecule has 4 heteroatoms. The minimum absolute atomic E-state index is 0.0611. The molecule has 0 spiro atoms. The molecule has 14 heavy (non-hydrogen) atoms. The monoisotopic (exact) mass is 216 g/mol. The molecular weight excluding hydrogens is 196 g/mol. The number of thioether (sulfide) groups is 1. The van der Waals surface area contributed by atoms with E-state index in [9.17, 15) is 4.79 Å². The Hall–Kier alpha value is -0.220. The first-order valence-corrected chi connectivity index (χ1v) is 6.39. The summed E-state index contributed by atoms with van der Waals surface area (Å²) >= 11 is 1.87. The van der Waals surface area contributed by atoms with E-state index in [1.807, 2.05) is 18.7 Å². The Morgan fingerprint density at radius 2 is 2.29 bits per heavy atom. The van der Waals surface area contributed by atoms with Crippen LogP contribution in [0.4, 0.5) is 0 Å². The lowest BCUT2D eigenvalue weighted by atomic mass is 9.84. The van der Waals surface area contributed by atoms with Crippen LogP contribution in [0.1, 0.15) is 26.2 Å². The van der Waals surface area contributed by atoms with Crippen molar-refractivity contribution in [2.24, 2.45) is 11.7 Å². The summed E-state index contributed by atoms with van der Waals surface area (Å²) in [5.41, 5.74) is 5.43. The molecule has 1 aliphatic carbocycles. The van der Waals surface area contributed by atoms with Crippen molar-refractivity contribution in [3.63, 3.8) is 0 Å². The molecule has 82 valence electrons. The Kier molecular flexibility index (Phi) is 4.26. The van der Waals surface area contributed by atoms with Crippen LogP contribution < -0.4 is 11.1 Å². The SMILES string of the molecule is CSC1(CNC(=O)C(C)CN)CCC1. The second kappa shape index (κ2) is 5.03. The summed E-state index contributed by atoms with van der Waals surface area (Å²) in [5, 5.41) is 2.99. The van der Waals surface area contributed by atoms with Gasteiger partial charge in [0.1, 0.15) is 0 Å². The Morgan fingerprint density at radius 3 is 2.64 bits per heavy atom. The number of rotatable bonds is 5. The predicted molar refractivity (Wildman–Crippen MR) is 61.3 cm³/mol. The van der Waals surface area contributed by atoms with Gasteiger partial charge in [-0.25, -0.2) is 0 Å². The third kappa shape index (κ3) is 2.64. The second-order valence-corrected chi connectivity index (χ2v) is 5.37. The van der Waals surface area contributed by atoms with Crippen LogP contribution in [-0.4, -0.2) is 30.0 Å². The van der Waals surface area contributed by atoms with E-state index in [2.05, 4.69) is 11.6 Å². The third-order valence-corrected chi connectivity index (χ3v) is 4.50. The minimum Gasteiger partial charge on any atom is -0.354 e. The molecule has 1 atom stereocenters. The first kappa shape index (κ1) is 11.9. The van der Waals surface area contributed by atoms with Gasteiger partial charge in [0.15, 0.2) is 0 Å². The van der Waals surface area contributed by atoms with Gasteiger partial charge in [-0.05, 0) is 19.1 Å². The molecule has 1 aliphatic rings. The van der Waals surface area contributed by atoms with Gasteiger partial charge >= 0.3 is 0 Å². The summed E-state index contributed by atoms with van der Waals surface area (Å²) < 4.78 is 0.323. The molecule has 0 bridgehead atoms. The first-order chi connectivity index (χ1) is 6.63. The predicted octanol–water partition coefficient (Wildman–Crippen LogP) is 0.983. The van der Waals surface area contributed by atoms with Crippen LogP contribution >= 0.6 is 11.8 Å². The van der Waals surface area contributed by atoms with Crippen molar-refractivity contribution in [3.8, 4) is 0 Å². The van der Waals surface area contributed by atoms with Crippen LogP contribution in [0, 0.1) is 5.92 Å². The van der Waals surface area contributed by atoms with Gasteiger partial charge in [0.2, 0.25) is 5.91 Å². The maximum absolute atomic E-state index is 11.5. The van der Waals surface area contributed by atoms with E-state index in [0.717, 1.165) is 6.54 Å². The van der Waals surface area contributed by atoms with Crippen molar-refractivity contribution in [1.82, 2.24) is 5.32 Å². The lowest BCUT2D eigenvalue weighted by molar-refractivity contribution is -0.124. The second-order valence-electron chi connectivity index (χ2n) is 4.10. The van der Waals surface area contributed by atoms with Gasteiger partial charge < -0.3 is 11.1 Å². The van der Waals surface area contributed by atoms with E-state index in [-0.39, 0.29) is 11.8 Å². The maximum atomic E-state index is 11.5. The van der Waals surface area contributed by atoms with E-state index >= 15 is 0 Å².